The number of rotatable bonds is 9. The van der Waals surface area contributed by atoms with E-state index in [2.05, 4.69) is 5.32 Å². The first-order chi connectivity index (χ1) is 13.2. The number of halogens is 1. The molecule has 0 aliphatic heterocycles. The average molecular weight is 409 g/mol. The summed E-state index contributed by atoms with van der Waals surface area (Å²) in [5.41, 5.74) is 0.689. The summed E-state index contributed by atoms with van der Waals surface area (Å²) >= 11 is 0. The van der Waals surface area contributed by atoms with E-state index in [0.29, 0.717) is 19.4 Å². The van der Waals surface area contributed by atoms with Crippen molar-refractivity contribution < 1.29 is 22.5 Å². The van der Waals surface area contributed by atoms with E-state index in [0.717, 1.165) is 22.2 Å². The van der Waals surface area contributed by atoms with Gasteiger partial charge in [0.2, 0.25) is 15.9 Å². The van der Waals surface area contributed by atoms with Crippen LogP contribution in [0.15, 0.2) is 48.5 Å². The van der Waals surface area contributed by atoms with E-state index in [9.17, 15) is 27.7 Å². The number of benzene rings is 2. The molecule has 28 heavy (non-hydrogen) atoms. The molecule has 8 nitrogen and oxygen atoms in total. The van der Waals surface area contributed by atoms with Crippen LogP contribution in [-0.2, 0) is 21.2 Å². The summed E-state index contributed by atoms with van der Waals surface area (Å²) in [5, 5.41) is 13.5. The van der Waals surface area contributed by atoms with Gasteiger partial charge in [-0.25, -0.2) is 12.8 Å². The third-order valence-electron chi connectivity index (χ3n) is 3.89. The second-order valence-electron chi connectivity index (χ2n) is 6.13. The maximum absolute atomic E-state index is 12.9. The van der Waals surface area contributed by atoms with Gasteiger partial charge in [-0.3, -0.25) is 19.2 Å². The number of hydrogen-bond donors (Lipinski definition) is 1. The molecular weight excluding hydrogens is 389 g/mol. The van der Waals surface area contributed by atoms with Gasteiger partial charge in [-0.1, -0.05) is 18.2 Å². The molecule has 10 heteroatoms. The van der Waals surface area contributed by atoms with Crippen molar-refractivity contribution in [2.45, 2.75) is 12.8 Å². The first-order valence-electron chi connectivity index (χ1n) is 8.40. The summed E-state index contributed by atoms with van der Waals surface area (Å²) in [7, 11) is -3.82. The van der Waals surface area contributed by atoms with E-state index < -0.39 is 27.4 Å². The zero-order valence-electron chi connectivity index (χ0n) is 15.2. The number of anilines is 1. The number of sulfonamides is 1. The highest BCUT2D eigenvalue weighted by Crippen LogP contribution is 2.22. The van der Waals surface area contributed by atoms with Gasteiger partial charge in [0.15, 0.2) is 0 Å². The number of carbonyl (C=O) groups is 1. The zero-order valence-corrected chi connectivity index (χ0v) is 16.0. The Hall–Kier alpha value is -3.01. The van der Waals surface area contributed by atoms with Gasteiger partial charge in [-0.2, -0.15) is 0 Å². The highest BCUT2D eigenvalue weighted by molar-refractivity contribution is 7.92. The second-order valence-corrected chi connectivity index (χ2v) is 8.03. The normalized spacial score (nSPS) is 11.1. The van der Waals surface area contributed by atoms with Crippen molar-refractivity contribution in [2.75, 3.05) is 23.7 Å². The predicted molar refractivity (Wildman–Crippen MR) is 103 cm³/mol. The van der Waals surface area contributed by atoms with Crippen LogP contribution in [0.5, 0.6) is 0 Å². The number of carbonyl (C=O) groups excluding carboxylic acids is 1. The smallest absolute Gasteiger partial charge is 0.271 e. The summed E-state index contributed by atoms with van der Waals surface area (Å²) in [6.45, 7) is -0.181. The van der Waals surface area contributed by atoms with Crippen molar-refractivity contribution in [2.24, 2.45) is 0 Å². The number of nitrogens with zero attached hydrogens (tertiary/aromatic N) is 2. The van der Waals surface area contributed by atoms with Gasteiger partial charge < -0.3 is 5.32 Å². The maximum atomic E-state index is 12.9. The monoisotopic (exact) mass is 409 g/mol. The van der Waals surface area contributed by atoms with Crippen molar-refractivity contribution in [3.8, 4) is 0 Å². The summed E-state index contributed by atoms with van der Waals surface area (Å²) in [6, 6.07) is 11.1. The zero-order chi connectivity index (χ0) is 20.7. The summed E-state index contributed by atoms with van der Waals surface area (Å²) in [5.74, 6) is -0.852. The fourth-order valence-corrected chi connectivity index (χ4v) is 3.37. The van der Waals surface area contributed by atoms with Gasteiger partial charge in [0.1, 0.15) is 12.4 Å². The first kappa shape index (κ1) is 21.3. The topological polar surface area (TPSA) is 110 Å². The molecule has 0 bridgehead atoms. The Bertz CT molecular complexity index is 948. The Kier molecular flexibility index (Phi) is 7.05. The Balaban J connectivity index is 1.95. The molecule has 150 valence electrons. The van der Waals surface area contributed by atoms with Crippen LogP contribution in [0.2, 0.25) is 0 Å². The SMILES string of the molecule is CS(=O)(=O)N(CC(=O)NCCCc1ccc(F)cc1)c1cccc([N+](=O)[O-])c1. The number of hydrogen-bond acceptors (Lipinski definition) is 5. The molecule has 0 fully saturated rings. The molecule has 0 saturated carbocycles. The number of nitrogens with one attached hydrogen (secondary N) is 1. The largest absolute Gasteiger partial charge is 0.355 e. The van der Waals surface area contributed by atoms with Crippen molar-refractivity contribution in [3.63, 3.8) is 0 Å². The number of nitro benzene ring substituents is 1. The lowest BCUT2D eigenvalue weighted by Crippen LogP contribution is -2.40. The van der Waals surface area contributed by atoms with Crippen LogP contribution >= 0.6 is 0 Å². The first-order valence-corrected chi connectivity index (χ1v) is 10.2. The fourth-order valence-electron chi connectivity index (χ4n) is 2.52. The molecule has 0 atom stereocenters. The highest BCUT2D eigenvalue weighted by atomic mass is 32.2. The van der Waals surface area contributed by atoms with E-state index in [1.54, 1.807) is 12.1 Å². The summed E-state index contributed by atoms with van der Waals surface area (Å²) < 4.78 is 37.7. The molecule has 0 heterocycles. The number of amides is 1. The minimum atomic E-state index is -3.82. The van der Waals surface area contributed by atoms with E-state index in [1.807, 2.05) is 0 Å². The number of nitro groups is 1. The van der Waals surface area contributed by atoms with Crippen LogP contribution < -0.4 is 9.62 Å². The molecule has 2 aromatic carbocycles. The van der Waals surface area contributed by atoms with Crippen LogP contribution in [-0.4, -0.2) is 38.6 Å². The van der Waals surface area contributed by atoms with Crippen molar-refractivity contribution in [1.29, 1.82) is 0 Å². The van der Waals surface area contributed by atoms with Crippen LogP contribution in [0.3, 0.4) is 0 Å². The third-order valence-corrected chi connectivity index (χ3v) is 5.03. The van der Waals surface area contributed by atoms with Crippen LogP contribution in [0, 0.1) is 15.9 Å². The van der Waals surface area contributed by atoms with Gasteiger partial charge in [0.25, 0.3) is 5.69 Å². The molecule has 0 radical (unpaired) electrons. The van der Waals surface area contributed by atoms with Crippen LogP contribution in [0.25, 0.3) is 0 Å². The van der Waals surface area contributed by atoms with E-state index >= 15 is 0 Å². The molecule has 1 N–H and O–H groups in total. The number of aryl methyl sites for hydroxylation is 1. The van der Waals surface area contributed by atoms with Gasteiger partial charge in [0.05, 0.1) is 16.9 Å². The Morgan fingerprint density at radius 2 is 1.89 bits per heavy atom. The predicted octanol–water partition coefficient (Wildman–Crippen LogP) is 2.25. The minimum Gasteiger partial charge on any atom is -0.355 e. The third kappa shape index (κ3) is 6.31. The van der Waals surface area contributed by atoms with Gasteiger partial charge in [-0.05, 0) is 36.6 Å². The summed E-state index contributed by atoms with van der Waals surface area (Å²) in [4.78, 5) is 22.4. The minimum absolute atomic E-state index is 0.0400. The van der Waals surface area contributed by atoms with Crippen molar-refractivity contribution >= 4 is 27.3 Å². The highest BCUT2D eigenvalue weighted by Gasteiger charge is 2.22. The van der Waals surface area contributed by atoms with E-state index in [-0.39, 0.29) is 17.2 Å². The molecule has 0 aliphatic carbocycles. The summed E-state index contributed by atoms with van der Waals surface area (Å²) in [6.07, 6.45) is 2.14. The molecule has 0 aromatic heterocycles. The van der Waals surface area contributed by atoms with Gasteiger partial charge >= 0.3 is 0 Å². The van der Waals surface area contributed by atoms with Crippen LogP contribution in [0.4, 0.5) is 15.8 Å². The fraction of sp³-hybridized carbons (Fsp3) is 0.278. The molecule has 0 unspecified atom stereocenters. The Morgan fingerprint density at radius 3 is 2.50 bits per heavy atom. The maximum Gasteiger partial charge on any atom is 0.271 e. The van der Waals surface area contributed by atoms with E-state index in [1.165, 1.54) is 30.3 Å². The van der Waals surface area contributed by atoms with Crippen molar-refractivity contribution in [1.82, 2.24) is 5.32 Å². The lowest BCUT2D eigenvalue weighted by Gasteiger charge is -2.21. The lowest BCUT2D eigenvalue weighted by molar-refractivity contribution is -0.384. The average Bonchev–Trinajstić information content (AvgIpc) is 2.64. The Morgan fingerprint density at radius 1 is 1.21 bits per heavy atom. The lowest BCUT2D eigenvalue weighted by atomic mass is 10.1. The van der Waals surface area contributed by atoms with Gasteiger partial charge in [-0.15, -0.1) is 0 Å². The molecular formula is C18H20FN3O5S. The molecule has 0 saturated heterocycles. The van der Waals surface area contributed by atoms with Crippen molar-refractivity contribution in [3.05, 3.63) is 70.0 Å². The van der Waals surface area contributed by atoms with Gasteiger partial charge in [0, 0.05) is 18.7 Å². The number of non-ortho nitro benzene ring substituents is 1. The van der Waals surface area contributed by atoms with E-state index in [4.69, 9.17) is 0 Å². The quantitative estimate of drug-likeness (QED) is 0.388. The Labute approximate surface area is 162 Å². The molecule has 2 rings (SSSR count). The molecule has 0 aliphatic rings. The molecule has 2 aromatic rings. The molecule has 0 spiro atoms. The second kappa shape index (κ2) is 9.27. The standard InChI is InChI=1S/C18H20FN3O5S/c1-28(26,27)21(16-5-2-6-17(12-16)22(24)25)13-18(23)20-11-3-4-14-7-9-15(19)10-8-14/h2,5-10,12H,3-4,11,13H2,1H3,(H,20,23). The molecule has 1 amide bonds. The van der Waals surface area contributed by atoms with Crippen LogP contribution in [0.1, 0.15) is 12.0 Å².